The molecule has 5 nitrogen and oxygen atoms in total. The first-order valence-electron chi connectivity index (χ1n) is 8.73. The van der Waals surface area contributed by atoms with E-state index in [1.807, 2.05) is 43.3 Å². The second-order valence-corrected chi connectivity index (χ2v) is 7.74. The zero-order valence-electron chi connectivity index (χ0n) is 14.7. The number of aliphatic hydroxyl groups excluding tert-OH is 1. The van der Waals surface area contributed by atoms with Crippen molar-refractivity contribution in [2.45, 2.75) is 38.8 Å². The molecule has 1 fully saturated rings. The largest absolute Gasteiger partial charge is 0.490 e. The van der Waals surface area contributed by atoms with Crippen molar-refractivity contribution in [3.8, 4) is 5.75 Å². The normalized spacial score (nSPS) is 16.9. The standard InChI is InChI=1S/C19H25N3O2S/c1-13(15-7-8-15)20-11-17(23)12-24-18-6-4-3-5-16(18)9-10-19-22-21-14(2)25-19/h3-6,9-10,13,15,17,20,23H,7-8,11-12H2,1-2H3. The van der Waals surface area contributed by atoms with Crippen molar-refractivity contribution >= 4 is 23.5 Å². The molecule has 3 rings (SSSR count). The van der Waals surface area contributed by atoms with Crippen LogP contribution in [0, 0.1) is 12.8 Å². The van der Waals surface area contributed by atoms with E-state index in [0.29, 0.717) is 12.6 Å². The van der Waals surface area contributed by atoms with Gasteiger partial charge in [-0.2, -0.15) is 0 Å². The Morgan fingerprint density at radius 2 is 2.12 bits per heavy atom. The molecule has 25 heavy (non-hydrogen) atoms. The van der Waals surface area contributed by atoms with E-state index in [1.165, 1.54) is 12.8 Å². The second kappa shape index (κ2) is 8.56. The zero-order chi connectivity index (χ0) is 17.6. The molecule has 2 atom stereocenters. The molecular formula is C19H25N3O2S. The van der Waals surface area contributed by atoms with E-state index in [4.69, 9.17) is 4.74 Å². The monoisotopic (exact) mass is 359 g/mol. The van der Waals surface area contributed by atoms with Crippen LogP contribution in [0.25, 0.3) is 12.2 Å². The summed E-state index contributed by atoms with van der Waals surface area (Å²) >= 11 is 1.55. The van der Waals surface area contributed by atoms with E-state index in [2.05, 4.69) is 22.4 Å². The van der Waals surface area contributed by atoms with Crippen LogP contribution in [0.3, 0.4) is 0 Å². The van der Waals surface area contributed by atoms with Gasteiger partial charge >= 0.3 is 0 Å². The summed E-state index contributed by atoms with van der Waals surface area (Å²) in [7, 11) is 0. The van der Waals surface area contributed by atoms with Gasteiger partial charge in [-0.1, -0.05) is 29.5 Å². The summed E-state index contributed by atoms with van der Waals surface area (Å²) in [4.78, 5) is 0. The molecule has 2 unspecified atom stereocenters. The van der Waals surface area contributed by atoms with Crippen LogP contribution in [0.4, 0.5) is 0 Å². The summed E-state index contributed by atoms with van der Waals surface area (Å²) in [6, 6.07) is 8.27. The highest BCUT2D eigenvalue weighted by Crippen LogP contribution is 2.32. The number of ether oxygens (including phenoxy) is 1. The van der Waals surface area contributed by atoms with Crippen LogP contribution in [-0.4, -0.2) is 40.6 Å². The molecule has 0 bridgehead atoms. The summed E-state index contributed by atoms with van der Waals surface area (Å²) in [6.45, 7) is 4.94. The molecule has 0 radical (unpaired) electrons. The van der Waals surface area contributed by atoms with E-state index in [-0.39, 0.29) is 6.61 Å². The third-order valence-corrected chi connectivity index (χ3v) is 5.11. The van der Waals surface area contributed by atoms with E-state index in [9.17, 15) is 5.11 Å². The predicted octanol–water partition coefficient (Wildman–Crippen LogP) is 3.14. The van der Waals surface area contributed by atoms with Crippen molar-refractivity contribution in [1.82, 2.24) is 15.5 Å². The molecule has 2 N–H and O–H groups in total. The minimum atomic E-state index is -0.524. The number of aliphatic hydroxyl groups is 1. The van der Waals surface area contributed by atoms with Gasteiger partial charge in [-0.15, -0.1) is 10.2 Å². The van der Waals surface area contributed by atoms with Crippen molar-refractivity contribution in [3.05, 3.63) is 39.8 Å². The van der Waals surface area contributed by atoms with Gasteiger partial charge in [0, 0.05) is 18.2 Å². The van der Waals surface area contributed by atoms with Gasteiger partial charge in [-0.3, -0.25) is 0 Å². The third kappa shape index (κ3) is 5.63. The Hall–Kier alpha value is -1.76. The van der Waals surface area contributed by atoms with Crippen molar-refractivity contribution in [2.75, 3.05) is 13.2 Å². The van der Waals surface area contributed by atoms with Crippen LogP contribution < -0.4 is 10.1 Å². The fourth-order valence-electron chi connectivity index (χ4n) is 2.62. The van der Waals surface area contributed by atoms with Gasteiger partial charge in [0.2, 0.25) is 0 Å². The molecule has 0 saturated heterocycles. The molecule has 0 spiro atoms. The summed E-state index contributed by atoms with van der Waals surface area (Å²) in [5.74, 6) is 1.54. The lowest BCUT2D eigenvalue weighted by atomic mass is 10.2. The lowest BCUT2D eigenvalue weighted by Gasteiger charge is -2.17. The third-order valence-electron chi connectivity index (χ3n) is 4.30. The molecular weight excluding hydrogens is 334 g/mol. The highest BCUT2D eigenvalue weighted by Gasteiger charge is 2.27. The number of nitrogens with one attached hydrogen (secondary N) is 1. The molecule has 2 aromatic rings. The summed E-state index contributed by atoms with van der Waals surface area (Å²) in [5.41, 5.74) is 0.960. The molecule has 1 heterocycles. The number of para-hydroxylation sites is 1. The average Bonchev–Trinajstić information content (AvgIpc) is 3.39. The van der Waals surface area contributed by atoms with Gasteiger partial charge < -0.3 is 15.2 Å². The molecule has 6 heteroatoms. The number of benzene rings is 1. The summed E-state index contributed by atoms with van der Waals surface area (Å²) in [5, 5.41) is 23.4. The molecule has 1 aliphatic carbocycles. The Bertz CT molecular complexity index is 712. The van der Waals surface area contributed by atoms with Crippen LogP contribution in [0.15, 0.2) is 24.3 Å². The van der Waals surface area contributed by atoms with Crippen LogP contribution in [0.2, 0.25) is 0 Å². The zero-order valence-corrected chi connectivity index (χ0v) is 15.5. The minimum Gasteiger partial charge on any atom is -0.490 e. The topological polar surface area (TPSA) is 67.3 Å². The Kier molecular flexibility index (Phi) is 6.18. The first kappa shape index (κ1) is 18.0. The summed E-state index contributed by atoms with van der Waals surface area (Å²) < 4.78 is 5.83. The summed E-state index contributed by atoms with van der Waals surface area (Å²) in [6.07, 6.45) is 5.98. The van der Waals surface area contributed by atoms with Crippen molar-refractivity contribution in [2.24, 2.45) is 5.92 Å². The number of aryl methyl sites for hydroxylation is 1. The van der Waals surface area contributed by atoms with Crippen LogP contribution in [0.1, 0.15) is 35.3 Å². The van der Waals surface area contributed by atoms with E-state index in [0.717, 1.165) is 27.2 Å². The molecule has 0 aliphatic heterocycles. The number of hydrogen-bond acceptors (Lipinski definition) is 6. The predicted molar refractivity (Wildman–Crippen MR) is 102 cm³/mol. The average molecular weight is 359 g/mol. The molecule has 134 valence electrons. The van der Waals surface area contributed by atoms with E-state index >= 15 is 0 Å². The van der Waals surface area contributed by atoms with Crippen molar-refractivity contribution in [1.29, 1.82) is 0 Å². The number of nitrogens with zero attached hydrogens (tertiary/aromatic N) is 2. The van der Waals surface area contributed by atoms with Gasteiger partial charge in [0.05, 0.1) is 0 Å². The SMILES string of the molecule is Cc1nnc(C=Cc2ccccc2OCC(O)CNC(C)C2CC2)s1. The molecule has 1 aromatic carbocycles. The molecule has 0 amide bonds. The lowest BCUT2D eigenvalue weighted by molar-refractivity contribution is 0.103. The fourth-order valence-corrected chi connectivity index (χ4v) is 3.22. The molecule has 1 saturated carbocycles. The van der Waals surface area contributed by atoms with Crippen LogP contribution in [0.5, 0.6) is 5.75 Å². The van der Waals surface area contributed by atoms with Gasteiger partial charge in [0.25, 0.3) is 0 Å². The Morgan fingerprint density at radius 1 is 1.32 bits per heavy atom. The lowest BCUT2D eigenvalue weighted by Crippen LogP contribution is -2.37. The van der Waals surface area contributed by atoms with Crippen LogP contribution >= 0.6 is 11.3 Å². The van der Waals surface area contributed by atoms with Crippen LogP contribution in [-0.2, 0) is 0 Å². The van der Waals surface area contributed by atoms with Crippen molar-refractivity contribution < 1.29 is 9.84 Å². The first-order chi connectivity index (χ1) is 12.1. The Labute approximate surface area is 152 Å². The van der Waals surface area contributed by atoms with Gasteiger partial charge in [-0.25, -0.2) is 0 Å². The van der Waals surface area contributed by atoms with E-state index < -0.39 is 6.10 Å². The Balaban J connectivity index is 1.52. The highest BCUT2D eigenvalue weighted by molar-refractivity contribution is 7.12. The Morgan fingerprint density at radius 3 is 2.84 bits per heavy atom. The maximum absolute atomic E-state index is 10.1. The molecule has 1 aliphatic rings. The van der Waals surface area contributed by atoms with Gasteiger partial charge in [0.15, 0.2) is 0 Å². The number of aromatic nitrogens is 2. The fraction of sp³-hybridized carbons (Fsp3) is 0.474. The van der Waals surface area contributed by atoms with Gasteiger partial charge in [-0.05, 0) is 50.8 Å². The number of hydrogen-bond donors (Lipinski definition) is 2. The maximum atomic E-state index is 10.1. The maximum Gasteiger partial charge on any atom is 0.140 e. The van der Waals surface area contributed by atoms with Gasteiger partial charge in [0.1, 0.15) is 28.5 Å². The van der Waals surface area contributed by atoms with E-state index in [1.54, 1.807) is 11.3 Å². The molecule has 1 aromatic heterocycles. The highest BCUT2D eigenvalue weighted by atomic mass is 32.1. The minimum absolute atomic E-state index is 0.271. The smallest absolute Gasteiger partial charge is 0.140 e. The number of rotatable bonds is 9. The quantitative estimate of drug-likeness (QED) is 0.720. The van der Waals surface area contributed by atoms with Crippen molar-refractivity contribution in [3.63, 3.8) is 0 Å². The first-order valence-corrected chi connectivity index (χ1v) is 9.55. The second-order valence-electron chi connectivity index (χ2n) is 6.53.